The molecule has 1 aliphatic rings. The van der Waals surface area contributed by atoms with E-state index in [1.165, 1.54) is 12.1 Å². The van der Waals surface area contributed by atoms with Crippen molar-refractivity contribution in [3.63, 3.8) is 0 Å². The molecule has 2 aromatic carbocycles. The number of imide groups is 1. The number of sulfone groups is 1. The average molecular weight is 543 g/mol. The van der Waals surface area contributed by atoms with E-state index in [9.17, 15) is 37.7 Å². The number of fused-ring (bicyclic) bond motifs is 1. The lowest BCUT2D eigenvalue weighted by atomic mass is 10.1. The molecule has 0 aliphatic carbocycles. The number of nitro groups is 1. The van der Waals surface area contributed by atoms with Crippen molar-refractivity contribution in [1.82, 2.24) is 4.90 Å². The summed E-state index contributed by atoms with van der Waals surface area (Å²) >= 11 is 11.9. The maximum atomic E-state index is 12.9. The number of esters is 1. The predicted molar refractivity (Wildman–Crippen MR) is 123 cm³/mol. The molecule has 0 radical (unpaired) electrons. The molecule has 2 amide bonds. The first-order valence-corrected chi connectivity index (χ1v) is 12.6. The van der Waals surface area contributed by atoms with Crippen LogP contribution < -0.4 is 0 Å². The van der Waals surface area contributed by atoms with E-state index in [4.69, 9.17) is 27.9 Å². The lowest BCUT2D eigenvalue weighted by molar-refractivity contribution is -0.384. The van der Waals surface area contributed by atoms with E-state index >= 15 is 0 Å². The number of ketones is 1. The molecule has 0 spiro atoms. The SMILES string of the molecule is CS(=O)(=O)CC[C@H](C(=O)OCC(=O)c1ccc([N+](=O)[O-])cc1)N1C(=O)c2cc(Cl)c(Cl)cc2C1=O. The van der Waals surface area contributed by atoms with Crippen LogP contribution >= 0.6 is 23.2 Å². The minimum absolute atomic E-state index is 0.00243. The first-order chi connectivity index (χ1) is 16.3. The highest BCUT2D eigenvalue weighted by Gasteiger charge is 2.44. The van der Waals surface area contributed by atoms with Gasteiger partial charge in [-0.3, -0.25) is 29.4 Å². The number of halogens is 2. The minimum atomic E-state index is -3.60. The van der Waals surface area contributed by atoms with Crippen LogP contribution in [0.1, 0.15) is 37.5 Å². The molecule has 0 unspecified atom stereocenters. The average Bonchev–Trinajstić information content (AvgIpc) is 3.01. The number of hydrogen-bond acceptors (Lipinski definition) is 9. The van der Waals surface area contributed by atoms with E-state index in [0.29, 0.717) is 4.90 Å². The second kappa shape index (κ2) is 10.1. The van der Waals surface area contributed by atoms with E-state index in [1.807, 2.05) is 0 Å². The molecule has 0 N–H and O–H groups in total. The zero-order valence-electron chi connectivity index (χ0n) is 17.9. The molecule has 0 saturated heterocycles. The quantitative estimate of drug-likeness (QED) is 0.152. The fourth-order valence-electron chi connectivity index (χ4n) is 3.30. The fraction of sp³-hybridized carbons (Fsp3) is 0.238. The minimum Gasteiger partial charge on any atom is -0.456 e. The number of rotatable bonds is 9. The van der Waals surface area contributed by atoms with E-state index in [-0.39, 0.29) is 32.4 Å². The lowest BCUT2D eigenvalue weighted by Gasteiger charge is -2.24. The van der Waals surface area contributed by atoms with Gasteiger partial charge in [0.25, 0.3) is 17.5 Å². The highest BCUT2D eigenvalue weighted by atomic mass is 35.5. The Morgan fingerprint density at radius 3 is 2.03 bits per heavy atom. The fourth-order valence-corrected chi connectivity index (χ4v) is 4.28. The smallest absolute Gasteiger partial charge is 0.329 e. The van der Waals surface area contributed by atoms with E-state index < -0.39 is 63.1 Å². The summed E-state index contributed by atoms with van der Waals surface area (Å²) in [5, 5.41) is 10.7. The first-order valence-electron chi connectivity index (χ1n) is 9.79. The Balaban J connectivity index is 1.82. The number of benzene rings is 2. The molecule has 11 nitrogen and oxygen atoms in total. The van der Waals surface area contributed by atoms with E-state index in [0.717, 1.165) is 30.5 Å². The first kappa shape index (κ1) is 26.3. The summed E-state index contributed by atoms with van der Waals surface area (Å²) in [6.07, 6.45) is 0.436. The van der Waals surface area contributed by atoms with Gasteiger partial charge in [0.15, 0.2) is 12.4 Å². The van der Waals surface area contributed by atoms with Crippen LogP contribution in [0.4, 0.5) is 5.69 Å². The van der Waals surface area contributed by atoms with Crippen molar-refractivity contribution in [1.29, 1.82) is 0 Å². The van der Waals surface area contributed by atoms with Crippen LogP contribution in [0.15, 0.2) is 36.4 Å². The van der Waals surface area contributed by atoms with Gasteiger partial charge in [0.1, 0.15) is 15.9 Å². The molecule has 35 heavy (non-hydrogen) atoms. The number of carbonyl (C=O) groups excluding carboxylic acids is 4. The van der Waals surface area contributed by atoms with Crippen LogP contribution in [0.2, 0.25) is 10.0 Å². The maximum absolute atomic E-state index is 12.9. The Kier molecular flexibility index (Phi) is 7.58. The van der Waals surface area contributed by atoms with Crippen LogP contribution in [0.5, 0.6) is 0 Å². The van der Waals surface area contributed by atoms with Gasteiger partial charge in [0, 0.05) is 24.0 Å². The second-order valence-electron chi connectivity index (χ2n) is 7.56. The van der Waals surface area contributed by atoms with Gasteiger partial charge in [-0.05, 0) is 30.7 Å². The van der Waals surface area contributed by atoms with Gasteiger partial charge in [-0.25, -0.2) is 13.2 Å². The molecule has 184 valence electrons. The van der Waals surface area contributed by atoms with Crippen molar-refractivity contribution in [2.24, 2.45) is 0 Å². The van der Waals surface area contributed by atoms with Crippen molar-refractivity contribution >= 4 is 62.3 Å². The third-order valence-corrected chi connectivity index (χ3v) is 6.75. The van der Waals surface area contributed by atoms with E-state index in [2.05, 4.69) is 0 Å². The molecular weight excluding hydrogens is 527 g/mol. The van der Waals surface area contributed by atoms with Gasteiger partial charge < -0.3 is 4.74 Å². The van der Waals surface area contributed by atoms with Crippen molar-refractivity contribution in [3.05, 3.63) is 73.2 Å². The van der Waals surface area contributed by atoms with Gasteiger partial charge in [0.05, 0.1) is 31.8 Å². The topological polar surface area (TPSA) is 158 Å². The molecule has 3 rings (SSSR count). The van der Waals surface area contributed by atoms with Crippen molar-refractivity contribution < 1.29 is 37.3 Å². The van der Waals surface area contributed by atoms with Crippen molar-refractivity contribution in [2.45, 2.75) is 12.5 Å². The van der Waals surface area contributed by atoms with Crippen LogP contribution in [0, 0.1) is 10.1 Å². The standard InChI is InChI=1S/C21H16Cl2N2O9S/c1-35(32,33)7-6-17(24-19(27)13-8-15(22)16(23)9-14(13)20(24)28)21(29)34-10-18(26)11-2-4-12(5-3-11)25(30)31/h2-5,8-9,17H,6-7,10H2,1H3/t17-/m1/s1. The predicted octanol–water partition coefficient (Wildman–Crippen LogP) is 2.73. The molecule has 0 bridgehead atoms. The molecule has 1 heterocycles. The molecule has 0 aromatic heterocycles. The molecule has 1 atom stereocenters. The largest absolute Gasteiger partial charge is 0.456 e. The molecule has 14 heteroatoms. The number of hydrogen-bond donors (Lipinski definition) is 0. The summed E-state index contributed by atoms with van der Waals surface area (Å²) in [5.74, 6) is -4.26. The second-order valence-corrected chi connectivity index (χ2v) is 10.6. The van der Waals surface area contributed by atoms with Gasteiger partial charge in [-0.2, -0.15) is 0 Å². The summed E-state index contributed by atoms with van der Waals surface area (Å²) in [6.45, 7) is -0.813. The van der Waals surface area contributed by atoms with Crippen LogP contribution in [-0.4, -0.2) is 66.5 Å². The molecule has 0 fully saturated rings. The van der Waals surface area contributed by atoms with Crippen LogP contribution in [0.3, 0.4) is 0 Å². The van der Waals surface area contributed by atoms with Crippen molar-refractivity contribution in [2.75, 3.05) is 18.6 Å². The van der Waals surface area contributed by atoms with Crippen LogP contribution in [-0.2, 0) is 19.4 Å². The zero-order chi connectivity index (χ0) is 26.1. The molecule has 1 aliphatic heterocycles. The van der Waals surface area contributed by atoms with E-state index in [1.54, 1.807) is 0 Å². The lowest BCUT2D eigenvalue weighted by Crippen LogP contribution is -2.46. The summed E-state index contributed by atoms with van der Waals surface area (Å²) in [6, 6.07) is 5.21. The summed E-state index contributed by atoms with van der Waals surface area (Å²) in [4.78, 5) is 61.7. The number of carbonyl (C=O) groups is 4. The van der Waals surface area contributed by atoms with Gasteiger partial charge in [0.2, 0.25) is 0 Å². The Morgan fingerprint density at radius 1 is 1.06 bits per heavy atom. The third-order valence-electron chi connectivity index (χ3n) is 5.05. The zero-order valence-corrected chi connectivity index (χ0v) is 20.2. The normalized spacial score (nSPS) is 14.0. The number of nitro benzene ring substituents is 1. The molecular formula is C21H16Cl2N2O9S. The highest BCUT2D eigenvalue weighted by molar-refractivity contribution is 7.90. The van der Waals surface area contributed by atoms with Crippen molar-refractivity contribution in [3.8, 4) is 0 Å². The monoisotopic (exact) mass is 542 g/mol. The number of nitrogens with zero attached hydrogens (tertiary/aromatic N) is 2. The molecule has 0 saturated carbocycles. The van der Waals surface area contributed by atoms with Gasteiger partial charge >= 0.3 is 5.97 Å². The number of amides is 2. The maximum Gasteiger partial charge on any atom is 0.329 e. The van der Waals surface area contributed by atoms with Gasteiger partial charge in [-0.15, -0.1) is 0 Å². The number of ether oxygens (including phenoxy) is 1. The molecule has 2 aromatic rings. The third kappa shape index (κ3) is 5.84. The Hall–Kier alpha value is -3.35. The number of Topliss-reactive ketones (excluding diaryl/α,β-unsaturated/α-hetero) is 1. The summed E-state index contributed by atoms with van der Waals surface area (Å²) in [5.41, 5.74) is -0.474. The number of non-ortho nitro benzene ring substituents is 1. The Labute approximate surface area is 208 Å². The summed E-state index contributed by atoms with van der Waals surface area (Å²) < 4.78 is 28.4. The Bertz CT molecular complexity index is 1320. The highest BCUT2D eigenvalue weighted by Crippen LogP contribution is 2.33. The Morgan fingerprint density at radius 2 is 1.57 bits per heavy atom. The summed E-state index contributed by atoms with van der Waals surface area (Å²) in [7, 11) is -3.60. The van der Waals surface area contributed by atoms with Gasteiger partial charge in [-0.1, -0.05) is 23.2 Å². The van der Waals surface area contributed by atoms with Crippen LogP contribution in [0.25, 0.3) is 0 Å².